The molecule has 1 atom stereocenters. The summed E-state index contributed by atoms with van der Waals surface area (Å²) in [6.45, 7) is 1.54. The van der Waals surface area contributed by atoms with Crippen molar-refractivity contribution < 1.29 is 31.1 Å². The third-order valence-electron chi connectivity index (χ3n) is 7.30. The summed E-state index contributed by atoms with van der Waals surface area (Å²) in [4.78, 5) is 13.6. The first-order chi connectivity index (χ1) is 19.3. The number of alkyl halides is 3. The predicted molar refractivity (Wildman–Crippen MR) is 139 cm³/mol. The van der Waals surface area contributed by atoms with Gasteiger partial charge in [-0.15, -0.1) is 0 Å². The zero-order valence-corrected chi connectivity index (χ0v) is 22.1. The van der Waals surface area contributed by atoms with E-state index in [1.165, 1.54) is 27.3 Å². The van der Waals surface area contributed by atoms with Gasteiger partial charge >= 0.3 is 6.18 Å². The lowest BCUT2D eigenvalue weighted by Gasteiger charge is -2.21. The smallest absolute Gasteiger partial charge is 0.345 e. The van der Waals surface area contributed by atoms with Gasteiger partial charge in [-0.25, -0.2) is 13.2 Å². The Morgan fingerprint density at radius 2 is 1.76 bits per heavy atom. The summed E-state index contributed by atoms with van der Waals surface area (Å²) >= 11 is 0. The van der Waals surface area contributed by atoms with Gasteiger partial charge in [0.05, 0.1) is 23.7 Å². The molecule has 0 unspecified atom stereocenters. The highest BCUT2D eigenvalue weighted by Gasteiger charge is 2.37. The minimum absolute atomic E-state index is 0.0363. The van der Waals surface area contributed by atoms with Crippen molar-refractivity contribution in [2.75, 3.05) is 0 Å². The summed E-state index contributed by atoms with van der Waals surface area (Å²) in [6.07, 6.45) is -0.243. The van der Waals surface area contributed by atoms with Crippen molar-refractivity contribution in [1.82, 2.24) is 14.5 Å². The number of halogens is 6. The molecule has 41 heavy (non-hydrogen) atoms. The van der Waals surface area contributed by atoms with Crippen LogP contribution < -0.4 is 10.9 Å². The maximum Gasteiger partial charge on any atom is 0.417 e. The lowest BCUT2D eigenvalue weighted by molar-refractivity contribution is -0.137. The molecule has 4 aromatic rings. The van der Waals surface area contributed by atoms with Crippen LogP contribution in [0.3, 0.4) is 0 Å². The van der Waals surface area contributed by atoms with E-state index in [1.807, 2.05) is 0 Å². The number of rotatable bonds is 7. The molecule has 5 rings (SSSR count). The number of amides is 1. The van der Waals surface area contributed by atoms with Crippen molar-refractivity contribution in [2.45, 2.75) is 38.5 Å². The van der Waals surface area contributed by atoms with Crippen molar-refractivity contribution >= 4 is 5.91 Å². The standard InChI is InChI=1S/C30H26F6N4O/c1-16-11-19(5-8-25(16)32)27(18-3-4-18)38-28(41)23-13-17(15-40-10-9-39(2)29(40)37)12-22(26(23)33)21-7-6-20(31)14-24(21)30(34,35)36/h5-14,18,27,37H,3-4,15H2,1-2H3,(H,38,41)/t27-/m0/s1. The quantitative estimate of drug-likeness (QED) is 0.240. The van der Waals surface area contributed by atoms with Gasteiger partial charge in [0.15, 0.2) is 0 Å². The van der Waals surface area contributed by atoms with Crippen molar-refractivity contribution in [3.8, 4) is 11.1 Å². The van der Waals surface area contributed by atoms with E-state index in [4.69, 9.17) is 5.41 Å². The monoisotopic (exact) mass is 572 g/mol. The van der Waals surface area contributed by atoms with E-state index >= 15 is 4.39 Å². The second-order valence-corrected chi connectivity index (χ2v) is 10.4. The lowest BCUT2D eigenvalue weighted by Crippen LogP contribution is -2.31. The van der Waals surface area contributed by atoms with Crippen LogP contribution in [-0.2, 0) is 19.8 Å². The number of nitrogens with one attached hydrogen (secondary N) is 2. The fourth-order valence-corrected chi connectivity index (χ4v) is 4.95. The summed E-state index contributed by atoms with van der Waals surface area (Å²) < 4.78 is 88.5. The Bertz CT molecular complexity index is 1700. The first kappa shape index (κ1) is 28.3. The molecular weight excluding hydrogens is 546 g/mol. The second-order valence-electron chi connectivity index (χ2n) is 10.4. The van der Waals surface area contributed by atoms with Gasteiger partial charge in [-0.1, -0.05) is 18.2 Å². The zero-order valence-electron chi connectivity index (χ0n) is 22.1. The van der Waals surface area contributed by atoms with Crippen LogP contribution in [0, 0.1) is 35.7 Å². The van der Waals surface area contributed by atoms with Crippen molar-refractivity contribution in [2.24, 2.45) is 13.0 Å². The molecule has 214 valence electrons. The number of aromatic nitrogens is 2. The summed E-state index contributed by atoms with van der Waals surface area (Å²) in [6, 6.07) is 8.20. The third-order valence-corrected chi connectivity index (χ3v) is 7.30. The third kappa shape index (κ3) is 5.79. The fourth-order valence-electron chi connectivity index (χ4n) is 4.95. The molecule has 1 heterocycles. The minimum atomic E-state index is -5.00. The number of hydrogen-bond donors (Lipinski definition) is 2. The molecule has 0 bridgehead atoms. The molecule has 0 saturated heterocycles. The van der Waals surface area contributed by atoms with Crippen LogP contribution in [0.25, 0.3) is 11.1 Å². The van der Waals surface area contributed by atoms with Gasteiger partial charge in [-0.3, -0.25) is 10.2 Å². The first-order valence-electron chi connectivity index (χ1n) is 12.9. The number of benzene rings is 3. The van der Waals surface area contributed by atoms with Gasteiger partial charge in [0.25, 0.3) is 5.91 Å². The van der Waals surface area contributed by atoms with Crippen LogP contribution in [0.1, 0.15) is 51.5 Å². The molecule has 0 aliphatic heterocycles. The molecule has 1 aliphatic carbocycles. The maximum absolute atomic E-state index is 16.0. The maximum atomic E-state index is 16.0. The highest BCUT2D eigenvalue weighted by atomic mass is 19.4. The number of aryl methyl sites for hydroxylation is 2. The highest BCUT2D eigenvalue weighted by molar-refractivity contribution is 5.96. The average molecular weight is 573 g/mol. The Labute approximate surface area is 231 Å². The van der Waals surface area contributed by atoms with E-state index in [0.29, 0.717) is 11.1 Å². The Morgan fingerprint density at radius 3 is 2.37 bits per heavy atom. The normalized spacial score (nSPS) is 14.2. The Morgan fingerprint density at radius 1 is 1.02 bits per heavy atom. The number of hydrogen-bond acceptors (Lipinski definition) is 2. The van der Waals surface area contributed by atoms with E-state index in [9.17, 15) is 26.7 Å². The summed E-state index contributed by atoms with van der Waals surface area (Å²) in [5, 5.41) is 11.0. The Hall–Kier alpha value is -4.28. The van der Waals surface area contributed by atoms with E-state index < -0.39 is 57.8 Å². The molecule has 1 fully saturated rings. The molecule has 1 amide bonds. The number of carbonyl (C=O) groups excluding carboxylic acids is 1. The van der Waals surface area contributed by atoms with E-state index in [-0.39, 0.29) is 29.7 Å². The molecule has 0 radical (unpaired) electrons. The minimum Gasteiger partial charge on any atom is -0.345 e. The van der Waals surface area contributed by atoms with Crippen LogP contribution >= 0.6 is 0 Å². The van der Waals surface area contributed by atoms with Gasteiger partial charge in [0.1, 0.15) is 17.5 Å². The number of carbonyl (C=O) groups is 1. The van der Waals surface area contributed by atoms with Gasteiger partial charge < -0.3 is 14.5 Å². The van der Waals surface area contributed by atoms with Gasteiger partial charge in [-0.2, -0.15) is 13.2 Å². The molecule has 1 aromatic heterocycles. The first-order valence-corrected chi connectivity index (χ1v) is 12.9. The topological polar surface area (TPSA) is 62.8 Å². The van der Waals surface area contributed by atoms with Crippen LogP contribution in [0.4, 0.5) is 26.3 Å². The predicted octanol–water partition coefficient (Wildman–Crippen LogP) is 6.65. The van der Waals surface area contributed by atoms with Gasteiger partial charge in [0, 0.05) is 25.0 Å². The average Bonchev–Trinajstić information content (AvgIpc) is 3.71. The molecule has 1 saturated carbocycles. The Balaban J connectivity index is 1.62. The molecule has 1 aliphatic rings. The van der Waals surface area contributed by atoms with Crippen molar-refractivity contribution in [1.29, 1.82) is 5.41 Å². The van der Waals surface area contributed by atoms with Gasteiger partial charge in [0.2, 0.25) is 5.62 Å². The molecule has 11 heteroatoms. The number of nitrogens with zero attached hydrogens (tertiary/aromatic N) is 2. The SMILES string of the molecule is Cc1cc([C@@H](NC(=O)c2cc(Cn3ccn(C)c3=N)cc(-c3ccc(F)cc3C(F)(F)F)c2F)C2CC2)ccc1F. The van der Waals surface area contributed by atoms with Crippen molar-refractivity contribution in [3.05, 3.63) is 112 Å². The molecular formula is C30H26F6N4O. The summed E-state index contributed by atoms with van der Waals surface area (Å²) in [7, 11) is 1.64. The molecule has 2 N–H and O–H groups in total. The van der Waals surface area contributed by atoms with Crippen LogP contribution in [0.15, 0.2) is 60.9 Å². The highest BCUT2D eigenvalue weighted by Crippen LogP contribution is 2.42. The second kappa shape index (κ2) is 10.6. The Kier molecular flexibility index (Phi) is 7.31. The summed E-state index contributed by atoms with van der Waals surface area (Å²) in [5.41, 5.74) is -1.69. The van der Waals surface area contributed by atoms with E-state index in [2.05, 4.69) is 5.32 Å². The van der Waals surface area contributed by atoms with Crippen LogP contribution in [0.2, 0.25) is 0 Å². The number of imidazole rings is 1. The van der Waals surface area contributed by atoms with Gasteiger partial charge in [-0.05, 0) is 78.3 Å². The van der Waals surface area contributed by atoms with E-state index in [1.54, 1.807) is 38.5 Å². The summed E-state index contributed by atoms with van der Waals surface area (Å²) in [5.74, 6) is -3.57. The fraction of sp³-hybridized carbons (Fsp3) is 0.267. The van der Waals surface area contributed by atoms with Crippen LogP contribution in [0.5, 0.6) is 0 Å². The van der Waals surface area contributed by atoms with Crippen LogP contribution in [-0.4, -0.2) is 15.0 Å². The largest absolute Gasteiger partial charge is 0.417 e. The molecule has 0 spiro atoms. The molecule has 5 nitrogen and oxygen atoms in total. The van der Waals surface area contributed by atoms with E-state index in [0.717, 1.165) is 25.0 Å². The van der Waals surface area contributed by atoms with Crippen molar-refractivity contribution in [3.63, 3.8) is 0 Å². The zero-order chi connectivity index (χ0) is 29.6. The molecule has 3 aromatic carbocycles. The lowest BCUT2D eigenvalue weighted by atomic mass is 9.93.